The van der Waals surface area contributed by atoms with Crippen LogP contribution in [0.2, 0.25) is 0 Å². The Morgan fingerprint density at radius 3 is 3.14 bits per heavy atom. The maximum atomic E-state index is 4.45. The second kappa shape index (κ2) is 4.72. The molecule has 1 aliphatic heterocycles. The minimum Gasteiger partial charge on any atom is -0.364 e. The summed E-state index contributed by atoms with van der Waals surface area (Å²) in [7, 11) is 1.94. The second-order valence-electron chi connectivity index (χ2n) is 5.25. The van der Waals surface area contributed by atoms with Crippen LogP contribution in [0.5, 0.6) is 0 Å². The highest BCUT2D eigenvalue weighted by molar-refractivity contribution is 5.82. The maximum Gasteiger partial charge on any atom is 0.182 e. The summed E-state index contributed by atoms with van der Waals surface area (Å²) in [6.45, 7) is 1.91. The number of nitrogens with zero attached hydrogens (tertiary/aromatic N) is 6. The van der Waals surface area contributed by atoms with Crippen molar-refractivity contribution in [2.75, 3.05) is 23.3 Å². The lowest BCUT2D eigenvalue weighted by Gasteiger charge is -2.16. The molecular weight excluding hydrogens is 268 g/mol. The van der Waals surface area contributed by atoms with Gasteiger partial charge < -0.3 is 15.2 Å². The first-order chi connectivity index (χ1) is 10.3. The van der Waals surface area contributed by atoms with Gasteiger partial charge in [-0.2, -0.15) is 5.10 Å². The smallest absolute Gasteiger partial charge is 0.182 e. The van der Waals surface area contributed by atoms with E-state index in [1.54, 1.807) is 6.33 Å². The number of aromatic amines is 1. The molecular formula is C13H16N8. The monoisotopic (exact) mass is 284 g/mol. The number of rotatable bonds is 3. The number of fused-ring (bicyclic) bond motifs is 1. The highest BCUT2D eigenvalue weighted by Gasteiger charge is 2.24. The molecule has 0 radical (unpaired) electrons. The minimum atomic E-state index is 0.341. The standard InChI is InChI=1S/C13H16N8/c1-20-4-3-10(19-20)21-5-2-9(6-21)18-13-11-12(15-7-14-11)16-8-17-13/h3-4,7-9H,2,5-6H2,1H3,(H2,14,15,16,17,18). The molecule has 1 saturated heterocycles. The average molecular weight is 284 g/mol. The van der Waals surface area contributed by atoms with E-state index in [2.05, 4.69) is 35.3 Å². The molecule has 2 N–H and O–H groups in total. The van der Waals surface area contributed by atoms with E-state index in [1.165, 1.54) is 6.33 Å². The summed E-state index contributed by atoms with van der Waals surface area (Å²) in [5.74, 6) is 1.83. The van der Waals surface area contributed by atoms with Gasteiger partial charge in [-0.25, -0.2) is 15.0 Å². The van der Waals surface area contributed by atoms with Crippen LogP contribution in [-0.4, -0.2) is 48.8 Å². The van der Waals surface area contributed by atoms with Gasteiger partial charge in [0.05, 0.1) is 6.33 Å². The first-order valence-electron chi connectivity index (χ1n) is 6.95. The van der Waals surface area contributed by atoms with E-state index in [0.717, 1.165) is 36.7 Å². The van der Waals surface area contributed by atoms with E-state index in [4.69, 9.17) is 0 Å². The van der Waals surface area contributed by atoms with Gasteiger partial charge >= 0.3 is 0 Å². The molecule has 0 amide bonds. The first kappa shape index (κ1) is 12.1. The van der Waals surface area contributed by atoms with Crippen LogP contribution in [0.25, 0.3) is 11.2 Å². The molecule has 21 heavy (non-hydrogen) atoms. The molecule has 0 saturated carbocycles. The number of hydrogen-bond acceptors (Lipinski definition) is 6. The third kappa shape index (κ3) is 2.18. The Labute approximate surface area is 121 Å². The Bertz CT molecular complexity index is 760. The molecule has 1 unspecified atom stereocenters. The predicted octanol–water partition coefficient (Wildman–Crippen LogP) is 0.777. The number of nitrogens with one attached hydrogen (secondary N) is 2. The fourth-order valence-electron chi connectivity index (χ4n) is 2.73. The van der Waals surface area contributed by atoms with Gasteiger partial charge in [-0.05, 0) is 6.42 Å². The van der Waals surface area contributed by atoms with Gasteiger partial charge in [-0.1, -0.05) is 0 Å². The highest BCUT2D eigenvalue weighted by atomic mass is 15.3. The Kier molecular flexibility index (Phi) is 2.73. The summed E-state index contributed by atoms with van der Waals surface area (Å²) in [5.41, 5.74) is 1.54. The lowest BCUT2D eigenvalue weighted by atomic mass is 10.2. The van der Waals surface area contributed by atoms with Gasteiger partial charge in [0.15, 0.2) is 17.3 Å². The fraction of sp³-hybridized carbons (Fsp3) is 0.385. The van der Waals surface area contributed by atoms with Crippen molar-refractivity contribution in [1.29, 1.82) is 0 Å². The molecule has 8 heteroatoms. The van der Waals surface area contributed by atoms with Crippen LogP contribution in [0.4, 0.5) is 11.6 Å². The molecule has 0 aromatic carbocycles. The zero-order valence-corrected chi connectivity index (χ0v) is 11.7. The zero-order valence-electron chi connectivity index (χ0n) is 11.7. The SMILES string of the molecule is Cn1ccc(N2CCC(Nc3ncnc4nc[nH]c34)C2)n1. The molecule has 108 valence electrons. The van der Waals surface area contributed by atoms with E-state index < -0.39 is 0 Å². The normalized spacial score (nSPS) is 18.5. The van der Waals surface area contributed by atoms with Crippen molar-refractivity contribution >= 4 is 22.8 Å². The Balaban J connectivity index is 1.50. The topological polar surface area (TPSA) is 87.5 Å². The molecule has 0 aliphatic carbocycles. The molecule has 4 heterocycles. The third-order valence-corrected chi connectivity index (χ3v) is 3.78. The molecule has 1 aliphatic rings. The van der Waals surface area contributed by atoms with Crippen molar-refractivity contribution in [2.24, 2.45) is 7.05 Å². The van der Waals surface area contributed by atoms with Crippen LogP contribution in [-0.2, 0) is 7.05 Å². The van der Waals surface area contributed by atoms with Crippen LogP contribution in [0.15, 0.2) is 24.9 Å². The zero-order chi connectivity index (χ0) is 14.2. The Morgan fingerprint density at radius 1 is 1.33 bits per heavy atom. The van der Waals surface area contributed by atoms with Gasteiger partial charge in [-0.15, -0.1) is 0 Å². The van der Waals surface area contributed by atoms with Crippen molar-refractivity contribution in [1.82, 2.24) is 29.7 Å². The average Bonchev–Trinajstić information content (AvgIpc) is 3.18. The molecule has 4 rings (SSSR count). The first-order valence-corrected chi connectivity index (χ1v) is 6.95. The number of H-pyrrole nitrogens is 1. The van der Waals surface area contributed by atoms with Gasteiger partial charge in [0.25, 0.3) is 0 Å². The molecule has 8 nitrogen and oxygen atoms in total. The molecule has 3 aromatic rings. The summed E-state index contributed by atoms with van der Waals surface area (Å²) < 4.78 is 1.83. The van der Waals surface area contributed by atoms with Crippen molar-refractivity contribution in [3.05, 3.63) is 24.9 Å². The summed E-state index contributed by atoms with van der Waals surface area (Å²) in [6.07, 6.45) is 6.20. The van der Waals surface area contributed by atoms with Crippen LogP contribution in [0.3, 0.4) is 0 Å². The number of aromatic nitrogens is 6. The summed E-state index contributed by atoms with van der Waals surface area (Å²) in [6, 6.07) is 2.38. The lowest BCUT2D eigenvalue weighted by Crippen LogP contribution is -2.26. The van der Waals surface area contributed by atoms with Crippen molar-refractivity contribution < 1.29 is 0 Å². The van der Waals surface area contributed by atoms with Gasteiger partial charge in [0.2, 0.25) is 0 Å². The van der Waals surface area contributed by atoms with Crippen LogP contribution < -0.4 is 10.2 Å². The van der Waals surface area contributed by atoms with Crippen LogP contribution in [0.1, 0.15) is 6.42 Å². The fourth-order valence-corrected chi connectivity index (χ4v) is 2.73. The van der Waals surface area contributed by atoms with Crippen LogP contribution >= 0.6 is 0 Å². The van der Waals surface area contributed by atoms with Gasteiger partial charge in [0, 0.05) is 38.4 Å². The molecule has 1 atom stereocenters. The minimum absolute atomic E-state index is 0.341. The molecule has 3 aromatic heterocycles. The van der Waals surface area contributed by atoms with Gasteiger partial charge in [-0.3, -0.25) is 4.68 Å². The Morgan fingerprint density at radius 2 is 2.29 bits per heavy atom. The molecule has 0 spiro atoms. The van der Waals surface area contributed by atoms with E-state index in [0.29, 0.717) is 11.7 Å². The van der Waals surface area contributed by atoms with E-state index >= 15 is 0 Å². The van der Waals surface area contributed by atoms with Crippen molar-refractivity contribution in [3.63, 3.8) is 0 Å². The Hall–Kier alpha value is -2.64. The molecule has 1 fully saturated rings. The quantitative estimate of drug-likeness (QED) is 0.739. The van der Waals surface area contributed by atoms with Crippen LogP contribution in [0, 0.1) is 0 Å². The summed E-state index contributed by atoms with van der Waals surface area (Å²) >= 11 is 0. The third-order valence-electron chi connectivity index (χ3n) is 3.78. The lowest BCUT2D eigenvalue weighted by molar-refractivity contribution is 0.752. The summed E-state index contributed by atoms with van der Waals surface area (Å²) in [4.78, 5) is 17.9. The van der Waals surface area contributed by atoms with E-state index in [-0.39, 0.29) is 0 Å². The molecule has 0 bridgehead atoms. The number of imidazole rings is 1. The number of hydrogen-bond donors (Lipinski definition) is 2. The number of aryl methyl sites for hydroxylation is 1. The number of anilines is 2. The van der Waals surface area contributed by atoms with E-state index in [9.17, 15) is 0 Å². The largest absolute Gasteiger partial charge is 0.364 e. The second-order valence-corrected chi connectivity index (χ2v) is 5.25. The summed E-state index contributed by atoms with van der Waals surface area (Å²) in [5, 5.41) is 7.93. The van der Waals surface area contributed by atoms with E-state index in [1.807, 2.05) is 24.0 Å². The van der Waals surface area contributed by atoms with Gasteiger partial charge in [0.1, 0.15) is 11.8 Å². The maximum absolute atomic E-state index is 4.45. The van der Waals surface area contributed by atoms with Crippen molar-refractivity contribution in [2.45, 2.75) is 12.5 Å². The van der Waals surface area contributed by atoms with Crippen molar-refractivity contribution in [3.8, 4) is 0 Å². The predicted molar refractivity (Wildman–Crippen MR) is 79.1 cm³/mol. The highest BCUT2D eigenvalue weighted by Crippen LogP contribution is 2.22.